The SMILES string of the molecule is CCCCCCOC1=CC(=Nc2ccc(N)cc2)C(=N)CC1=N. The molecule has 0 saturated heterocycles. The first-order valence-corrected chi connectivity index (χ1v) is 8.04. The molecular weight excluding hydrogens is 288 g/mol. The molecule has 0 unspecified atom stereocenters. The Balaban J connectivity index is 2.07. The van der Waals surface area contributed by atoms with Crippen LogP contribution in [0.15, 0.2) is 41.1 Å². The van der Waals surface area contributed by atoms with Crippen molar-refractivity contribution in [2.75, 3.05) is 12.3 Å². The summed E-state index contributed by atoms with van der Waals surface area (Å²) < 4.78 is 5.72. The van der Waals surface area contributed by atoms with Gasteiger partial charge in [0.05, 0.1) is 29.4 Å². The lowest BCUT2D eigenvalue weighted by Gasteiger charge is -2.17. The molecule has 0 aromatic heterocycles. The molecule has 0 bridgehead atoms. The number of unbranched alkanes of at least 4 members (excludes halogenated alkanes) is 3. The van der Waals surface area contributed by atoms with Gasteiger partial charge >= 0.3 is 0 Å². The predicted molar refractivity (Wildman–Crippen MR) is 96.2 cm³/mol. The number of hydrogen-bond donors (Lipinski definition) is 3. The fraction of sp³-hybridized carbons (Fsp3) is 0.389. The van der Waals surface area contributed by atoms with Crippen LogP contribution in [-0.2, 0) is 4.74 Å². The molecule has 122 valence electrons. The van der Waals surface area contributed by atoms with E-state index in [0.29, 0.717) is 35.2 Å². The molecule has 0 fully saturated rings. The number of hydrogen-bond acceptors (Lipinski definition) is 5. The Morgan fingerprint density at radius 2 is 1.83 bits per heavy atom. The second kappa shape index (κ2) is 8.27. The second-order valence-electron chi connectivity index (χ2n) is 5.64. The highest BCUT2D eigenvalue weighted by Gasteiger charge is 2.20. The van der Waals surface area contributed by atoms with Crippen LogP contribution in [0, 0.1) is 10.8 Å². The average molecular weight is 312 g/mol. The van der Waals surface area contributed by atoms with Crippen LogP contribution in [0.25, 0.3) is 0 Å². The van der Waals surface area contributed by atoms with Gasteiger partial charge in [0.15, 0.2) is 0 Å². The standard InChI is InChI=1S/C18H24N4O/c1-2-3-4-5-10-23-18-12-17(15(20)11-16(18)21)22-14-8-6-13(19)7-9-14/h6-9,12,20-21H,2-5,10-11,19H2,1H3. The molecule has 0 heterocycles. The summed E-state index contributed by atoms with van der Waals surface area (Å²) in [5.74, 6) is 0.534. The Bertz CT molecular complexity index is 629. The molecule has 23 heavy (non-hydrogen) atoms. The van der Waals surface area contributed by atoms with Crippen molar-refractivity contribution in [3.63, 3.8) is 0 Å². The molecular formula is C18H24N4O. The number of rotatable bonds is 7. The Morgan fingerprint density at radius 3 is 2.52 bits per heavy atom. The molecule has 0 radical (unpaired) electrons. The van der Waals surface area contributed by atoms with Gasteiger partial charge in [0.2, 0.25) is 0 Å². The van der Waals surface area contributed by atoms with Crippen molar-refractivity contribution in [1.82, 2.24) is 0 Å². The summed E-state index contributed by atoms with van der Waals surface area (Å²) in [7, 11) is 0. The van der Waals surface area contributed by atoms with Crippen molar-refractivity contribution in [3.05, 3.63) is 36.1 Å². The van der Waals surface area contributed by atoms with Gasteiger partial charge in [0.1, 0.15) is 5.76 Å². The third kappa shape index (κ3) is 5.06. The van der Waals surface area contributed by atoms with Gasteiger partial charge in [0.25, 0.3) is 0 Å². The smallest absolute Gasteiger partial charge is 0.142 e. The van der Waals surface area contributed by atoms with E-state index in [1.165, 1.54) is 12.8 Å². The molecule has 5 heteroatoms. The van der Waals surface area contributed by atoms with Gasteiger partial charge < -0.3 is 21.3 Å². The third-order valence-electron chi connectivity index (χ3n) is 3.63. The van der Waals surface area contributed by atoms with Crippen molar-refractivity contribution in [2.45, 2.75) is 39.0 Å². The lowest BCUT2D eigenvalue weighted by atomic mass is 9.99. The number of nitrogens with zero attached hydrogens (tertiary/aromatic N) is 1. The molecule has 1 aliphatic rings. The van der Waals surface area contributed by atoms with Crippen molar-refractivity contribution < 1.29 is 4.74 Å². The normalized spacial score (nSPS) is 16.6. The number of benzene rings is 1. The summed E-state index contributed by atoms with van der Waals surface area (Å²) in [6.45, 7) is 2.78. The summed E-state index contributed by atoms with van der Waals surface area (Å²) in [4.78, 5) is 4.47. The maximum absolute atomic E-state index is 8.03. The molecule has 2 rings (SSSR count). The van der Waals surface area contributed by atoms with E-state index in [4.69, 9.17) is 21.3 Å². The number of nitrogens with one attached hydrogen (secondary N) is 2. The topological polar surface area (TPSA) is 95.3 Å². The molecule has 0 aliphatic heterocycles. The molecule has 0 spiro atoms. The van der Waals surface area contributed by atoms with E-state index in [1.54, 1.807) is 18.2 Å². The summed E-state index contributed by atoms with van der Waals surface area (Å²) in [5.41, 5.74) is 8.33. The van der Waals surface area contributed by atoms with Crippen LogP contribution in [0.1, 0.15) is 39.0 Å². The zero-order valence-corrected chi connectivity index (χ0v) is 13.6. The monoisotopic (exact) mass is 312 g/mol. The quantitative estimate of drug-likeness (QED) is 0.518. The summed E-state index contributed by atoms with van der Waals surface area (Å²) in [5, 5.41) is 16.0. The minimum absolute atomic E-state index is 0.259. The van der Waals surface area contributed by atoms with Crippen LogP contribution in [0.4, 0.5) is 11.4 Å². The Hall–Kier alpha value is -2.43. The van der Waals surface area contributed by atoms with Gasteiger partial charge in [0, 0.05) is 18.2 Å². The zero-order valence-electron chi connectivity index (χ0n) is 13.6. The van der Waals surface area contributed by atoms with E-state index in [0.717, 1.165) is 18.5 Å². The average Bonchev–Trinajstić information content (AvgIpc) is 2.53. The minimum Gasteiger partial charge on any atom is -0.492 e. The molecule has 5 nitrogen and oxygen atoms in total. The number of anilines is 1. The number of allylic oxidation sites excluding steroid dienone is 2. The lowest BCUT2D eigenvalue weighted by molar-refractivity contribution is 0.222. The van der Waals surface area contributed by atoms with E-state index in [1.807, 2.05) is 12.1 Å². The summed E-state index contributed by atoms with van der Waals surface area (Å²) in [6.07, 6.45) is 6.47. The molecule has 0 saturated carbocycles. The lowest BCUT2D eigenvalue weighted by Crippen LogP contribution is -2.24. The molecule has 4 N–H and O–H groups in total. The van der Waals surface area contributed by atoms with E-state index in [9.17, 15) is 0 Å². The molecule has 1 aromatic rings. The molecule has 0 amide bonds. The fourth-order valence-corrected chi connectivity index (χ4v) is 2.28. The number of nitrogen functional groups attached to an aromatic ring is 1. The first-order valence-electron chi connectivity index (χ1n) is 8.04. The minimum atomic E-state index is 0.259. The van der Waals surface area contributed by atoms with Gasteiger partial charge in [-0.05, 0) is 30.7 Å². The third-order valence-corrected chi connectivity index (χ3v) is 3.63. The van der Waals surface area contributed by atoms with Gasteiger partial charge in [-0.15, -0.1) is 0 Å². The maximum Gasteiger partial charge on any atom is 0.142 e. The van der Waals surface area contributed by atoms with Crippen molar-refractivity contribution in [3.8, 4) is 0 Å². The zero-order chi connectivity index (χ0) is 16.7. The van der Waals surface area contributed by atoms with E-state index in [2.05, 4.69) is 11.9 Å². The van der Waals surface area contributed by atoms with Crippen LogP contribution in [0.5, 0.6) is 0 Å². The van der Waals surface area contributed by atoms with Crippen molar-refractivity contribution in [2.24, 2.45) is 4.99 Å². The molecule has 1 aliphatic carbocycles. The van der Waals surface area contributed by atoms with Crippen LogP contribution >= 0.6 is 0 Å². The Morgan fingerprint density at radius 1 is 1.09 bits per heavy atom. The Kier molecular flexibility index (Phi) is 6.09. The Labute approximate surface area is 137 Å². The van der Waals surface area contributed by atoms with Gasteiger partial charge in [-0.3, -0.25) is 0 Å². The largest absolute Gasteiger partial charge is 0.492 e. The second-order valence-corrected chi connectivity index (χ2v) is 5.64. The highest BCUT2D eigenvalue weighted by atomic mass is 16.5. The highest BCUT2D eigenvalue weighted by Crippen LogP contribution is 2.19. The fourth-order valence-electron chi connectivity index (χ4n) is 2.28. The van der Waals surface area contributed by atoms with E-state index < -0.39 is 0 Å². The van der Waals surface area contributed by atoms with Crippen LogP contribution in [0.3, 0.4) is 0 Å². The van der Waals surface area contributed by atoms with E-state index in [-0.39, 0.29) is 6.42 Å². The van der Waals surface area contributed by atoms with Crippen LogP contribution in [0.2, 0.25) is 0 Å². The first-order chi connectivity index (χ1) is 11.1. The van der Waals surface area contributed by atoms with Gasteiger partial charge in [-0.2, -0.15) is 0 Å². The van der Waals surface area contributed by atoms with Crippen LogP contribution < -0.4 is 5.73 Å². The summed E-state index contributed by atoms with van der Waals surface area (Å²) >= 11 is 0. The first kappa shape index (κ1) is 16.9. The van der Waals surface area contributed by atoms with E-state index >= 15 is 0 Å². The summed E-state index contributed by atoms with van der Waals surface area (Å²) in [6, 6.07) is 7.19. The predicted octanol–water partition coefficient (Wildman–Crippen LogP) is 4.27. The number of ether oxygens (including phenoxy) is 1. The van der Waals surface area contributed by atoms with Gasteiger partial charge in [-0.1, -0.05) is 26.2 Å². The maximum atomic E-state index is 8.03. The number of nitrogens with two attached hydrogens (primary N) is 1. The van der Waals surface area contributed by atoms with Crippen molar-refractivity contribution >= 4 is 28.5 Å². The molecule has 0 atom stereocenters. The van der Waals surface area contributed by atoms with Gasteiger partial charge in [-0.25, -0.2) is 4.99 Å². The number of aliphatic imine (C=N–C) groups is 1. The highest BCUT2D eigenvalue weighted by molar-refractivity contribution is 6.51. The van der Waals surface area contributed by atoms with Crippen LogP contribution in [-0.4, -0.2) is 23.7 Å². The van der Waals surface area contributed by atoms with Crippen molar-refractivity contribution in [1.29, 1.82) is 10.8 Å². The molecule has 1 aromatic carbocycles.